The van der Waals surface area contributed by atoms with Crippen molar-refractivity contribution in [1.29, 1.82) is 0 Å². The Balaban J connectivity index is 1.38. The smallest absolute Gasteiger partial charge is 0.243 e. The molecule has 1 aliphatic carbocycles. The molecule has 2 fully saturated rings. The lowest BCUT2D eigenvalue weighted by atomic mass is 10.1. The molecule has 4 rings (SSSR count). The first kappa shape index (κ1) is 24.4. The number of hydrogen-bond donors (Lipinski definition) is 0. The highest BCUT2D eigenvalue weighted by atomic mass is 32.2. The lowest BCUT2D eigenvalue weighted by molar-refractivity contribution is -0.133. The van der Waals surface area contributed by atoms with Gasteiger partial charge in [-0.3, -0.25) is 9.69 Å². The molecule has 0 N–H and O–H groups in total. The number of sulfonamides is 1. The molecule has 0 unspecified atom stereocenters. The van der Waals surface area contributed by atoms with E-state index in [0.29, 0.717) is 25.7 Å². The SMILES string of the molecule is COc1ccc(OC)c(CN(CC(=O)N2CCN(S(=O)(=O)c3cccc(F)c3)CC2)C2CC2)c1. The van der Waals surface area contributed by atoms with Crippen LogP contribution >= 0.6 is 0 Å². The van der Waals surface area contributed by atoms with E-state index in [1.165, 1.54) is 22.5 Å². The maximum absolute atomic E-state index is 13.5. The minimum absolute atomic E-state index is 0.0310. The van der Waals surface area contributed by atoms with Crippen LogP contribution in [0.2, 0.25) is 0 Å². The molecule has 2 aromatic carbocycles. The van der Waals surface area contributed by atoms with Crippen molar-refractivity contribution >= 4 is 15.9 Å². The normalized spacial score (nSPS) is 17.1. The maximum atomic E-state index is 13.5. The van der Waals surface area contributed by atoms with Gasteiger partial charge in [-0.15, -0.1) is 0 Å². The van der Waals surface area contributed by atoms with E-state index in [-0.39, 0.29) is 30.4 Å². The van der Waals surface area contributed by atoms with E-state index in [9.17, 15) is 17.6 Å². The highest BCUT2D eigenvalue weighted by Crippen LogP contribution is 2.32. The van der Waals surface area contributed by atoms with Gasteiger partial charge in [-0.1, -0.05) is 6.07 Å². The van der Waals surface area contributed by atoms with Gasteiger partial charge >= 0.3 is 0 Å². The summed E-state index contributed by atoms with van der Waals surface area (Å²) in [5, 5.41) is 0. The molecule has 0 radical (unpaired) electrons. The second-order valence-corrected chi connectivity index (χ2v) is 10.5. The van der Waals surface area contributed by atoms with Crippen LogP contribution in [0, 0.1) is 5.82 Å². The number of carbonyl (C=O) groups excluding carboxylic acids is 1. The van der Waals surface area contributed by atoms with Gasteiger partial charge in [0.15, 0.2) is 0 Å². The van der Waals surface area contributed by atoms with Crippen LogP contribution in [0.25, 0.3) is 0 Å². The Morgan fingerprint density at radius 3 is 2.41 bits per heavy atom. The number of ether oxygens (including phenoxy) is 2. The molecule has 2 aromatic rings. The van der Waals surface area contributed by atoms with Gasteiger partial charge in [0.25, 0.3) is 0 Å². The van der Waals surface area contributed by atoms with Gasteiger partial charge in [-0.05, 0) is 49.2 Å². The lowest BCUT2D eigenvalue weighted by Gasteiger charge is -2.35. The first-order valence-corrected chi connectivity index (χ1v) is 12.7. The fraction of sp³-hybridized carbons (Fsp3) is 0.458. The van der Waals surface area contributed by atoms with E-state index in [2.05, 4.69) is 4.90 Å². The highest BCUT2D eigenvalue weighted by molar-refractivity contribution is 7.89. The lowest BCUT2D eigenvalue weighted by Crippen LogP contribution is -2.52. The number of methoxy groups -OCH3 is 2. The Kier molecular flexibility index (Phi) is 7.39. The van der Waals surface area contributed by atoms with Crippen LogP contribution in [0.3, 0.4) is 0 Å². The van der Waals surface area contributed by atoms with Crippen molar-refractivity contribution in [2.45, 2.75) is 30.3 Å². The number of hydrogen-bond acceptors (Lipinski definition) is 6. The van der Waals surface area contributed by atoms with Crippen molar-refractivity contribution in [1.82, 2.24) is 14.1 Å². The molecule has 184 valence electrons. The molecular formula is C24H30FN3O5S. The van der Waals surface area contributed by atoms with Crippen LogP contribution in [-0.2, 0) is 21.4 Å². The summed E-state index contributed by atoms with van der Waals surface area (Å²) in [6.07, 6.45) is 2.08. The van der Waals surface area contributed by atoms with E-state index in [4.69, 9.17) is 9.47 Å². The van der Waals surface area contributed by atoms with Crippen LogP contribution in [0.4, 0.5) is 4.39 Å². The van der Waals surface area contributed by atoms with Crippen molar-refractivity contribution in [3.8, 4) is 11.5 Å². The standard InChI is InChI=1S/C24H30FN3O5S/c1-32-21-8-9-23(33-2)18(14-21)16-27(20-6-7-20)17-24(29)26-10-12-28(13-11-26)34(30,31)22-5-3-4-19(25)15-22/h3-5,8-9,14-15,20H,6-7,10-13,16-17H2,1-2H3. The minimum atomic E-state index is -3.80. The molecule has 1 heterocycles. The molecule has 1 saturated carbocycles. The predicted molar refractivity (Wildman–Crippen MR) is 125 cm³/mol. The number of halogens is 1. The van der Waals surface area contributed by atoms with Crippen LogP contribution < -0.4 is 9.47 Å². The summed E-state index contributed by atoms with van der Waals surface area (Å²) in [5.41, 5.74) is 0.951. The molecule has 1 saturated heterocycles. The van der Waals surface area contributed by atoms with Crippen molar-refractivity contribution in [2.24, 2.45) is 0 Å². The van der Waals surface area contributed by atoms with E-state index < -0.39 is 15.8 Å². The molecule has 34 heavy (non-hydrogen) atoms. The number of carbonyl (C=O) groups is 1. The van der Waals surface area contributed by atoms with Gasteiger partial charge in [0.05, 0.1) is 25.7 Å². The molecule has 0 aromatic heterocycles. The topological polar surface area (TPSA) is 79.4 Å². The Morgan fingerprint density at radius 1 is 1.06 bits per heavy atom. The van der Waals surface area contributed by atoms with Gasteiger partial charge in [0.2, 0.25) is 15.9 Å². The molecule has 1 amide bonds. The van der Waals surface area contributed by atoms with Gasteiger partial charge in [-0.2, -0.15) is 4.31 Å². The number of benzene rings is 2. The molecule has 0 spiro atoms. The predicted octanol–water partition coefficient (Wildman–Crippen LogP) is 2.34. The summed E-state index contributed by atoms with van der Waals surface area (Å²) in [4.78, 5) is 16.9. The summed E-state index contributed by atoms with van der Waals surface area (Å²) in [7, 11) is -0.563. The van der Waals surface area contributed by atoms with Crippen LogP contribution in [0.1, 0.15) is 18.4 Å². The zero-order valence-electron chi connectivity index (χ0n) is 19.4. The second kappa shape index (κ2) is 10.3. The zero-order valence-corrected chi connectivity index (χ0v) is 20.3. The monoisotopic (exact) mass is 491 g/mol. The second-order valence-electron chi connectivity index (χ2n) is 8.56. The Morgan fingerprint density at radius 2 is 1.79 bits per heavy atom. The van der Waals surface area contributed by atoms with Gasteiger partial charge < -0.3 is 14.4 Å². The highest BCUT2D eigenvalue weighted by Gasteiger charge is 2.34. The molecular weight excluding hydrogens is 461 g/mol. The largest absolute Gasteiger partial charge is 0.497 e. The number of amides is 1. The maximum Gasteiger partial charge on any atom is 0.243 e. The first-order chi connectivity index (χ1) is 16.3. The number of piperazine rings is 1. The zero-order chi connectivity index (χ0) is 24.3. The quantitative estimate of drug-likeness (QED) is 0.536. The number of nitrogens with zero attached hydrogens (tertiary/aromatic N) is 3. The summed E-state index contributed by atoms with van der Waals surface area (Å²) >= 11 is 0. The van der Waals surface area contributed by atoms with Gasteiger partial charge in [-0.25, -0.2) is 12.8 Å². The first-order valence-electron chi connectivity index (χ1n) is 11.3. The van der Waals surface area contributed by atoms with Crippen molar-refractivity contribution in [3.63, 3.8) is 0 Å². The molecule has 2 aliphatic rings. The van der Waals surface area contributed by atoms with Crippen LogP contribution in [0.5, 0.6) is 11.5 Å². The van der Waals surface area contributed by atoms with Crippen LogP contribution in [0.15, 0.2) is 47.4 Å². The van der Waals surface area contributed by atoms with Crippen molar-refractivity contribution in [2.75, 3.05) is 46.9 Å². The van der Waals surface area contributed by atoms with Crippen LogP contribution in [-0.4, -0.2) is 81.4 Å². The van der Waals surface area contributed by atoms with Gasteiger partial charge in [0.1, 0.15) is 17.3 Å². The molecule has 0 bridgehead atoms. The molecule has 10 heteroatoms. The third kappa shape index (κ3) is 5.51. The minimum Gasteiger partial charge on any atom is -0.497 e. The Labute approximate surface area is 199 Å². The van der Waals surface area contributed by atoms with E-state index >= 15 is 0 Å². The Hall–Kier alpha value is -2.69. The average molecular weight is 492 g/mol. The third-order valence-corrected chi connectivity index (χ3v) is 8.18. The summed E-state index contributed by atoms with van der Waals surface area (Å²) in [6.45, 7) is 1.77. The van der Waals surface area contributed by atoms with Crippen molar-refractivity contribution < 1.29 is 27.1 Å². The number of rotatable bonds is 9. The Bertz CT molecular complexity index is 1130. The molecule has 1 aliphatic heterocycles. The van der Waals surface area contributed by atoms with Gasteiger partial charge in [0, 0.05) is 44.3 Å². The fourth-order valence-electron chi connectivity index (χ4n) is 4.21. The molecule has 0 atom stereocenters. The summed E-state index contributed by atoms with van der Waals surface area (Å²) in [6, 6.07) is 11.0. The summed E-state index contributed by atoms with van der Waals surface area (Å²) < 4.78 is 51.3. The van der Waals surface area contributed by atoms with E-state index in [0.717, 1.165) is 36.0 Å². The van der Waals surface area contributed by atoms with E-state index in [1.54, 1.807) is 19.1 Å². The molecule has 8 nitrogen and oxygen atoms in total. The van der Waals surface area contributed by atoms with E-state index in [1.807, 2.05) is 18.2 Å². The fourth-order valence-corrected chi connectivity index (χ4v) is 5.66. The van der Waals surface area contributed by atoms with Crippen molar-refractivity contribution in [3.05, 3.63) is 53.8 Å². The third-order valence-electron chi connectivity index (χ3n) is 6.29. The summed E-state index contributed by atoms with van der Waals surface area (Å²) in [5.74, 6) is 0.850. The average Bonchev–Trinajstić information content (AvgIpc) is 3.69.